The molecule has 1 aliphatic rings. The van der Waals surface area contributed by atoms with Gasteiger partial charge in [-0.3, -0.25) is 4.79 Å². The molecule has 2 N–H and O–H groups in total. The fraction of sp³-hybridized carbons (Fsp3) is 0.941. The number of rotatable bonds is 8. The van der Waals surface area contributed by atoms with Crippen molar-refractivity contribution >= 4 is 5.97 Å². The molecule has 21 heavy (non-hydrogen) atoms. The molecule has 1 saturated carbocycles. The Labute approximate surface area is 130 Å². The Morgan fingerprint density at radius 3 is 2.38 bits per heavy atom. The first-order valence-corrected chi connectivity index (χ1v) is 8.39. The van der Waals surface area contributed by atoms with Gasteiger partial charge in [0, 0.05) is 6.04 Å². The molecular weight excluding hydrogens is 264 g/mol. The highest BCUT2D eigenvalue weighted by Gasteiger charge is 2.34. The van der Waals surface area contributed by atoms with E-state index in [1.807, 2.05) is 6.92 Å². The monoisotopic (exact) mass is 298 g/mol. The van der Waals surface area contributed by atoms with Gasteiger partial charge in [-0.2, -0.15) is 0 Å². The van der Waals surface area contributed by atoms with Gasteiger partial charge in [0.05, 0.1) is 0 Å². The van der Waals surface area contributed by atoms with E-state index in [1.54, 1.807) is 7.05 Å². The number of hydrogen-bond donors (Lipinski definition) is 2. The zero-order valence-corrected chi connectivity index (χ0v) is 14.5. The molecule has 0 aromatic heterocycles. The molecule has 0 spiro atoms. The van der Waals surface area contributed by atoms with Crippen LogP contribution in [0.15, 0.2) is 0 Å². The number of carboxylic acid groups (broad SMARTS) is 1. The summed E-state index contributed by atoms with van der Waals surface area (Å²) in [7, 11) is 3.95. The van der Waals surface area contributed by atoms with Gasteiger partial charge in [-0.25, -0.2) is 0 Å². The van der Waals surface area contributed by atoms with Gasteiger partial charge >= 0.3 is 5.97 Å². The maximum absolute atomic E-state index is 11.5. The Balaban J connectivity index is 2.39. The molecule has 1 rings (SSSR count). The Hall–Kier alpha value is -0.610. The van der Waals surface area contributed by atoms with Gasteiger partial charge in [0.1, 0.15) is 5.54 Å². The second-order valence-corrected chi connectivity index (χ2v) is 7.47. The average Bonchev–Trinajstić information content (AvgIpc) is 2.43. The molecule has 1 aliphatic carbocycles. The second kappa shape index (κ2) is 7.59. The van der Waals surface area contributed by atoms with E-state index in [0.717, 1.165) is 13.0 Å². The van der Waals surface area contributed by atoms with E-state index in [-0.39, 0.29) is 0 Å². The van der Waals surface area contributed by atoms with Crippen molar-refractivity contribution < 1.29 is 9.90 Å². The van der Waals surface area contributed by atoms with Gasteiger partial charge < -0.3 is 15.3 Å². The second-order valence-electron chi connectivity index (χ2n) is 7.47. The molecule has 0 saturated heterocycles. The van der Waals surface area contributed by atoms with Crippen LogP contribution in [0.3, 0.4) is 0 Å². The van der Waals surface area contributed by atoms with Crippen molar-refractivity contribution in [1.82, 2.24) is 10.2 Å². The predicted octanol–water partition coefficient (Wildman–Crippen LogP) is 3.12. The van der Waals surface area contributed by atoms with Crippen molar-refractivity contribution in [3.63, 3.8) is 0 Å². The summed E-state index contributed by atoms with van der Waals surface area (Å²) < 4.78 is 0. The summed E-state index contributed by atoms with van der Waals surface area (Å²) in [6, 6.07) is 0.675. The number of nitrogens with one attached hydrogen (secondary N) is 1. The van der Waals surface area contributed by atoms with Crippen LogP contribution in [0.2, 0.25) is 0 Å². The minimum atomic E-state index is -0.755. The zero-order valence-electron chi connectivity index (χ0n) is 14.5. The molecule has 1 fully saturated rings. The SMILES string of the molecule is CCC(CCCN(C)C1CCC(C)(C)CC1)(NC)C(=O)O. The highest BCUT2D eigenvalue weighted by Crippen LogP contribution is 2.36. The summed E-state index contributed by atoms with van der Waals surface area (Å²) >= 11 is 0. The summed E-state index contributed by atoms with van der Waals surface area (Å²) in [5, 5.41) is 12.4. The van der Waals surface area contributed by atoms with E-state index in [2.05, 4.69) is 31.1 Å². The quantitative estimate of drug-likeness (QED) is 0.723. The molecular formula is C17H34N2O2. The number of carboxylic acids is 1. The van der Waals surface area contributed by atoms with E-state index in [0.29, 0.717) is 24.3 Å². The van der Waals surface area contributed by atoms with Gasteiger partial charge in [-0.1, -0.05) is 20.8 Å². The lowest BCUT2D eigenvalue weighted by Crippen LogP contribution is -2.50. The van der Waals surface area contributed by atoms with Gasteiger partial charge in [-0.15, -0.1) is 0 Å². The van der Waals surface area contributed by atoms with Crippen LogP contribution in [0.5, 0.6) is 0 Å². The van der Waals surface area contributed by atoms with E-state index >= 15 is 0 Å². The van der Waals surface area contributed by atoms with E-state index in [9.17, 15) is 9.90 Å². The molecule has 124 valence electrons. The van der Waals surface area contributed by atoms with Crippen LogP contribution in [-0.2, 0) is 4.79 Å². The molecule has 0 heterocycles. The van der Waals surface area contributed by atoms with Crippen LogP contribution in [0.25, 0.3) is 0 Å². The molecule has 0 aliphatic heterocycles. The summed E-state index contributed by atoms with van der Waals surface area (Å²) in [6.45, 7) is 7.65. The minimum absolute atomic E-state index is 0.504. The minimum Gasteiger partial charge on any atom is -0.480 e. The molecule has 0 amide bonds. The van der Waals surface area contributed by atoms with Crippen LogP contribution in [-0.4, -0.2) is 48.2 Å². The lowest BCUT2D eigenvalue weighted by Gasteiger charge is -2.39. The predicted molar refractivity (Wildman–Crippen MR) is 87.6 cm³/mol. The van der Waals surface area contributed by atoms with E-state index in [1.165, 1.54) is 25.7 Å². The Morgan fingerprint density at radius 2 is 1.95 bits per heavy atom. The number of aliphatic carboxylic acids is 1. The van der Waals surface area contributed by atoms with Crippen molar-refractivity contribution in [2.45, 2.75) is 77.3 Å². The first-order chi connectivity index (χ1) is 9.76. The van der Waals surface area contributed by atoms with Crippen molar-refractivity contribution in [2.75, 3.05) is 20.6 Å². The Bertz CT molecular complexity index is 328. The highest BCUT2D eigenvalue weighted by atomic mass is 16.4. The Kier molecular flexibility index (Phi) is 6.67. The van der Waals surface area contributed by atoms with Crippen LogP contribution >= 0.6 is 0 Å². The third-order valence-corrected chi connectivity index (χ3v) is 5.54. The maximum atomic E-state index is 11.5. The Morgan fingerprint density at radius 1 is 1.38 bits per heavy atom. The van der Waals surface area contributed by atoms with Crippen LogP contribution < -0.4 is 5.32 Å². The summed E-state index contributed by atoms with van der Waals surface area (Å²) in [5.74, 6) is -0.727. The topological polar surface area (TPSA) is 52.6 Å². The average molecular weight is 298 g/mol. The third kappa shape index (κ3) is 4.96. The summed E-state index contributed by atoms with van der Waals surface area (Å²) in [5.41, 5.74) is -0.250. The van der Waals surface area contributed by atoms with Crippen molar-refractivity contribution in [3.8, 4) is 0 Å². The van der Waals surface area contributed by atoms with Crippen LogP contribution in [0.4, 0.5) is 0 Å². The molecule has 4 heteroatoms. The van der Waals surface area contributed by atoms with Crippen LogP contribution in [0, 0.1) is 5.41 Å². The number of hydrogen-bond acceptors (Lipinski definition) is 3. The maximum Gasteiger partial charge on any atom is 0.323 e. The first-order valence-electron chi connectivity index (χ1n) is 8.39. The fourth-order valence-corrected chi connectivity index (χ4v) is 3.48. The standard InChI is InChI=1S/C17H34N2O2/c1-6-17(18-4,15(20)21)10-7-13-19(5)14-8-11-16(2,3)12-9-14/h14,18H,6-13H2,1-5H3,(H,20,21). The molecule has 0 aromatic rings. The number of likely N-dealkylation sites (N-methyl/N-ethyl adjacent to an activating group) is 1. The van der Waals surface area contributed by atoms with Crippen molar-refractivity contribution in [1.29, 1.82) is 0 Å². The van der Waals surface area contributed by atoms with E-state index in [4.69, 9.17) is 0 Å². The van der Waals surface area contributed by atoms with Crippen molar-refractivity contribution in [3.05, 3.63) is 0 Å². The molecule has 0 radical (unpaired) electrons. The normalized spacial score (nSPS) is 22.2. The third-order valence-electron chi connectivity index (χ3n) is 5.54. The first kappa shape index (κ1) is 18.4. The largest absolute Gasteiger partial charge is 0.480 e. The van der Waals surface area contributed by atoms with Crippen molar-refractivity contribution in [2.24, 2.45) is 5.41 Å². The van der Waals surface area contributed by atoms with Gasteiger partial charge in [-0.05, 0) is 71.0 Å². The summed E-state index contributed by atoms with van der Waals surface area (Å²) in [4.78, 5) is 13.9. The highest BCUT2D eigenvalue weighted by molar-refractivity contribution is 5.78. The molecule has 0 aromatic carbocycles. The van der Waals surface area contributed by atoms with E-state index < -0.39 is 11.5 Å². The van der Waals surface area contributed by atoms with Gasteiger partial charge in [0.2, 0.25) is 0 Å². The van der Waals surface area contributed by atoms with Gasteiger partial charge in [0.15, 0.2) is 0 Å². The molecule has 4 nitrogen and oxygen atoms in total. The smallest absolute Gasteiger partial charge is 0.323 e. The lowest BCUT2D eigenvalue weighted by atomic mass is 9.75. The fourth-order valence-electron chi connectivity index (χ4n) is 3.48. The molecule has 0 bridgehead atoms. The molecule has 1 unspecified atom stereocenters. The zero-order chi connectivity index (χ0) is 16.1. The van der Waals surface area contributed by atoms with Crippen LogP contribution in [0.1, 0.15) is 65.7 Å². The molecule has 1 atom stereocenters. The number of carbonyl (C=O) groups is 1. The summed E-state index contributed by atoms with van der Waals surface area (Å²) in [6.07, 6.45) is 7.38. The lowest BCUT2D eigenvalue weighted by molar-refractivity contribution is -0.145. The van der Waals surface area contributed by atoms with Gasteiger partial charge in [0.25, 0.3) is 0 Å². The number of nitrogens with zero attached hydrogens (tertiary/aromatic N) is 1.